The molecule has 0 bridgehead atoms. The molecule has 0 saturated heterocycles. The molecule has 2 aromatic heterocycles. The van der Waals surface area contributed by atoms with Gasteiger partial charge >= 0.3 is 18.3 Å². The Bertz CT molecular complexity index is 1270. The summed E-state index contributed by atoms with van der Waals surface area (Å²) in [5.41, 5.74) is -3.06. The van der Waals surface area contributed by atoms with Crippen molar-refractivity contribution in [2.24, 2.45) is 0 Å². The van der Waals surface area contributed by atoms with E-state index in [9.17, 15) is 36.4 Å². The van der Waals surface area contributed by atoms with Crippen LogP contribution in [0.5, 0.6) is 0 Å². The van der Waals surface area contributed by atoms with E-state index in [-0.39, 0.29) is 27.3 Å². The fourth-order valence-corrected chi connectivity index (χ4v) is 5.52. The van der Waals surface area contributed by atoms with Gasteiger partial charge in [0.2, 0.25) is 0 Å². The molecule has 0 radical (unpaired) electrons. The van der Waals surface area contributed by atoms with Crippen LogP contribution in [-0.2, 0) is 22.8 Å². The van der Waals surface area contributed by atoms with Crippen molar-refractivity contribution >= 4 is 40.8 Å². The number of esters is 1. The first-order chi connectivity index (χ1) is 16.4. The van der Waals surface area contributed by atoms with Crippen LogP contribution in [0.1, 0.15) is 39.7 Å². The highest BCUT2D eigenvalue weighted by Crippen LogP contribution is 2.39. The largest absolute Gasteiger partial charge is 0.462 e. The van der Waals surface area contributed by atoms with Gasteiger partial charge in [0, 0.05) is 5.75 Å². The van der Waals surface area contributed by atoms with Crippen LogP contribution in [0.25, 0.3) is 0 Å². The van der Waals surface area contributed by atoms with Crippen LogP contribution in [0.4, 0.5) is 26.3 Å². The second-order valence-corrected chi connectivity index (χ2v) is 9.93. The van der Waals surface area contributed by atoms with Crippen molar-refractivity contribution in [2.75, 3.05) is 6.61 Å². The lowest BCUT2D eigenvalue weighted by atomic mass is 10.1. The molecule has 0 fully saturated rings. The van der Waals surface area contributed by atoms with Gasteiger partial charge in [0.1, 0.15) is 11.1 Å². The molecule has 3 rings (SSSR count). The number of thioether (sulfide) groups is 1. The molecule has 0 aliphatic carbocycles. The SMILES string of the molecule is CCOC(=O)c1cc(C#N)c(Sc2nnc(SCc3cccc(C(F)(F)F)c3)s2)nc1C(F)(F)F. The van der Waals surface area contributed by atoms with E-state index in [1.165, 1.54) is 19.1 Å². The third kappa shape index (κ3) is 6.86. The van der Waals surface area contributed by atoms with Gasteiger partial charge in [-0.1, -0.05) is 41.3 Å². The number of alkyl halides is 6. The molecule has 6 nitrogen and oxygen atoms in total. The fraction of sp³-hybridized carbons (Fsp3) is 0.250. The van der Waals surface area contributed by atoms with Gasteiger partial charge in [0.25, 0.3) is 0 Å². The molecule has 0 saturated carbocycles. The van der Waals surface area contributed by atoms with Crippen molar-refractivity contribution in [2.45, 2.75) is 38.7 Å². The number of carbonyl (C=O) groups excluding carboxylic acids is 1. The first-order valence-electron chi connectivity index (χ1n) is 9.42. The van der Waals surface area contributed by atoms with Crippen molar-refractivity contribution in [3.63, 3.8) is 0 Å². The van der Waals surface area contributed by atoms with E-state index in [1.54, 1.807) is 6.07 Å². The van der Waals surface area contributed by atoms with Gasteiger partial charge in [-0.3, -0.25) is 0 Å². The van der Waals surface area contributed by atoms with Crippen LogP contribution >= 0.6 is 34.9 Å². The highest BCUT2D eigenvalue weighted by atomic mass is 32.2. The monoisotopic (exact) mass is 550 g/mol. The number of carbonyl (C=O) groups is 1. The van der Waals surface area contributed by atoms with Crippen LogP contribution in [0.3, 0.4) is 0 Å². The minimum atomic E-state index is -4.99. The van der Waals surface area contributed by atoms with Crippen LogP contribution < -0.4 is 0 Å². The Hall–Kier alpha value is -2.83. The predicted molar refractivity (Wildman–Crippen MR) is 115 cm³/mol. The topological polar surface area (TPSA) is 88.8 Å². The molecule has 1 aromatic carbocycles. The maximum Gasteiger partial charge on any atom is 0.434 e. The summed E-state index contributed by atoms with van der Waals surface area (Å²) in [4.78, 5) is 15.4. The van der Waals surface area contributed by atoms with Gasteiger partial charge in [-0.2, -0.15) is 31.6 Å². The number of halogens is 6. The van der Waals surface area contributed by atoms with Crippen molar-refractivity contribution in [1.82, 2.24) is 15.2 Å². The lowest BCUT2D eigenvalue weighted by Crippen LogP contribution is -2.18. The minimum absolute atomic E-state index is 0.150. The zero-order valence-electron chi connectivity index (χ0n) is 17.4. The van der Waals surface area contributed by atoms with Gasteiger partial charge in [-0.15, -0.1) is 10.2 Å². The fourth-order valence-electron chi connectivity index (χ4n) is 2.60. The number of nitriles is 1. The average Bonchev–Trinajstić information content (AvgIpc) is 3.24. The molecule has 0 unspecified atom stereocenters. The summed E-state index contributed by atoms with van der Waals surface area (Å²) >= 11 is 2.71. The summed E-state index contributed by atoms with van der Waals surface area (Å²) in [6, 6.07) is 7.24. The second-order valence-electron chi connectivity index (χ2n) is 6.49. The predicted octanol–water partition coefficient (Wildman–Crippen LogP) is 6.46. The summed E-state index contributed by atoms with van der Waals surface area (Å²) in [6.07, 6.45) is -9.46. The molecule has 0 spiro atoms. The highest BCUT2D eigenvalue weighted by Gasteiger charge is 2.39. The Morgan fingerprint density at radius 2 is 1.83 bits per heavy atom. The zero-order valence-corrected chi connectivity index (χ0v) is 19.8. The summed E-state index contributed by atoms with van der Waals surface area (Å²) in [7, 11) is 0. The van der Waals surface area contributed by atoms with Crippen LogP contribution in [0.15, 0.2) is 44.0 Å². The number of nitrogens with zero attached hydrogens (tertiary/aromatic N) is 4. The van der Waals surface area contributed by atoms with Crippen LogP contribution in [0, 0.1) is 11.3 Å². The van der Waals surface area contributed by atoms with E-state index in [2.05, 4.69) is 19.9 Å². The van der Waals surface area contributed by atoms with Crippen molar-refractivity contribution < 1.29 is 35.9 Å². The Kier molecular flexibility index (Phi) is 8.29. The smallest absolute Gasteiger partial charge is 0.434 e. The summed E-state index contributed by atoms with van der Waals surface area (Å²) < 4.78 is 84.2. The van der Waals surface area contributed by atoms with E-state index in [1.807, 2.05) is 0 Å². The maximum atomic E-state index is 13.5. The van der Waals surface area contributed by atoms with Gasteiger partial charge in [-0.05, 0) is 36.4 Å². The van der Waals surface area contributed by atoms with Gasteiger partial charge in [-0.25, -0.2) is 9.78 Å². The van der Waals surface area contributed by atoms with E-state index in [0.29, 0.717) is 21.7 Å². The first-order valence-corrected chi connectivity index (χ1v) is 12.0. The third-order valence-electron chi connectivity index (χ3n) is 4.06. The Morgan fingerprint density at radius 1 is 1.11 bits per heavy atom. The Labute approximate surface area is 206 Å². The highest BCUT2D eigenvalue weighted by molar-refractivity contribution is 8.02. The number of benzene rings is 1. The molecule has 0 amide bonds. The number of pyridine rings is 1. The number of hydrogen-bond acceptors (Lipinski definition) is 9. The van der Waals surface area contributed by atoms with Gasteiger partial charge < -0.3 is 4.74 Å². The van der Waals surface area contributed by atoms with Gasteiger partial charge in [0.15, 0.2) is 14.4 Å². The molecule has 0 atom stereocenters. The minimum Gasteiger partial charge on any atom is -0.462 e. The molecular weight excluding hydrogens is 538 g/mol. The van der Waals surface area contributed by atoms with E-state index >= 15 is 0 Å². The molecule has 35 heavy (non-hydrogen) atoms. The lowest BCUT2D eigenvalue weighted by molar-refractivity contribution is -0.142. The molecule has 15 heteroatoms. The van der Waals surface area contributed by atoms with E-state index in [0.717, 1.165) is 41.3 Å². The number of ether oxygens (including phenoxy) is 1. The summed E-state index contributed by atoms with van der Waals surface area (Å²) in [5.74, 6) is -1.11. The molecule has 0 aliphatic heterocycles. The quantitative estimate of drug-likeness (QED) is 0.188. The molecule has 2 heterocycles. The third-order valence-corrected chi connectivity index (χ3v) is 7.24. The average molecular weight is 551 g/mol. The number of rotatable bonds is 7. The maximum absolute atomic E-state index is 13.5. The summed E-state index contributed by atoms with van der Waals surface area (Å²) in [6.45, 7) is 1.26. The van der Waals surface area contributed by atoms with Crippen LogP contribution in [-0.4, -0.2) is 27.8 Å². The first kappa shape index (κ1) is 26.8. The van der Waals surface area contributed by atoms with Crippen molar-refractivity contribution in [3.05, 3.63) is 58.3 Å². The second kappa shape index (κ2) is 10.8. The molecule has 184 valence electrons. The normalized spacial score (nSPS) is 11.8. The molecule has 0 aliphatic rings. The van der Waals surface area contributed by atoms with E-state index in [4.69, 9.17) is 0 Å². The lowest BCUT2D eigenvalue weighted by Gasteiger charge is -2.13. The molecule has 0 N–H and O–H groups in total. The standard InChI is InChI=1S/C20H12F6N4O2S3/c1-2-32-16(31)13-7-11(8-27)15(28-14(13)20(24,25)26)34-18-30-29-17(35-18)33-9-10-4-3-5-12(6-10)19(21,22)23/h3-7H,2,9H2,1H3. The van der Waals surface area contributed by atoms with Gasteiger partial charge in [0.05, 0.1) is 23.3 Å². The van der Waals surface area contributed by atoms with Crippen molar-refractivity contribution in [1.29, 1.82) is 5.26 Å². The van der Waals surface area contributed by atoms with E-state index < -0.39 is 35.1 Å². The number of aromatic nitrogens is 3. The Morgan fingerprint density at radius 3 is 2.46 bits per heavy atom. The Balaban J connectivity index is 1.81. The number of hydrogen-bond donors (Lipinski definition) is 0. The van der Waals surface area contributed by atoms with Crippen LogP contribution in [0.2, 0.25) is 0 Å². The summed E-state index contributed by atoms with van der Waals surface area (Å²) in [5, 5.41) is 16.8. The molecular formula is C20H12F6N4O2S3. The van der Waals surface area contributed by atoms with Crippen molar-refractivity contribution in [3.8, 4) is 6.07 Å². The molecule has 3 aromatic rings. The zero-order chi connectivity index (χ0) is 25.8.